The summed E-state index contributed by atoms with van der Waals surface area (Å²) in [6.07, 6.45) is 1.63. The van der Waals surface area contributed by atoms with Gasteiger partial charge in [-0.15, -0.1) is 0 Å². The largest absolute Gasteiger partial charge is 0.489 e. The van der Waals surface area contributed by atoms with E-state index in [0.717, 1.165) is 10.0 Å². The summed E-state index contributed by atoms with van der Waals surface area (Å²) in [5.41, 5.74) is 2.42. The number of allylic oxidation sites excluding steroid dienone is 1. The number of hydrogen-bond acceptors (Lipinski definition) is 5. The van der Waals surface area contributed by atoms with Gasteiger partial charge in [-0.2, -0.15) is 0 Å². The standard InChI is InChI=1S/C25H17BrF2O5/c1-13-5-17(31-11-18-19(27)3-2-4-20(18)28)9-21-23(13)24(29)22(33-21)8-14-6-16(26)7-15-10-30-12-32-25(14)15/h2-9H,10-12H2,1H3/b22-8-. The van der Waals surface area contributed by atoms with Crippen LogP contribution in [0.3, 0.4) is 0 Å². The molecule has 2 aliphatic rings. The van der Waals surface area contributed by atoms with Crippen molar-refractivity contribution in [1.29, 1.82) is 0 Å². The van der Waals surface area contributed by atoms with Crippen LogP contribution in [0.1, 0.15) is 32.6 Å². The van der Waals surface area contributed by atoms with E-state index in [2.05, 4.69) is 15.9 Å². The van der Waals surface area contributed by atoms with Gasteiger partial charge in [0.2, 0.25) is 5.78 Å². The highest BCUT2D eigenvalue weighted by Crippen LogP contribution is 2.40. The summed E-state index contributed by atoms with van der Waals surface area (Å²) >= 11 is 3.47. The van der Waals surface area contributed by atoms with E-state index in [-0.39, 0.29) is 30.5 Å². The number of hydrogen-bond donors (Lipinski definition) is 0. The van der Waals surface area contributed by atoms with Gasteiger partial charge in [0.1, 0.15) is 35.5 Å². The number of Topliss-reactive ketones (excluding diaryl/α,β-unsaturated/α-hetero) is 1. The van der Waals surface area contributed by atoms with E-state index < -0.39 is 11.6 Å². The Kier molecular flexibility index (Phi) is 5.64. The van der Waals surface area contributed by atoms with Crippen molar-refractivity contribution in [2.75, 3.05) is 6.79 Å². The average molecular weight is 515 g/mol. The molecule has 0 saturated heterocycles. The molecule has 5 nitrogen and oxygen atoms in total. The molecule has 0 amide bonds. The lowest BCUT2D eigenvalue weighted by atomic mass is 10.0. The normalized spacial score (nSPS) is 15.6. The number of ketones is 1. The van der Waals surface area contributed by atoms with Crippen LogP contribution >= 0.6 is 15.9 Å². The van der Waals surface area contributed by atoms with Crippen LogP contribution in [0.5, 0.6) is 17.2 Å². The minimum atomic E-state index is -0.686. The highest BCUT2D eigenvalue weighted by atomic mass is 79.9. The molecule has 0 unspecified atom stereocenters. The Bertz CT molecular complexity index is 1300. The number of halogens is 3. The molecule has 168 valence electrons. The second-order valence-corrected chi connectivity index (χ2v) is 8.55. The van der Waals surface area contributed by atoms with Gasteiger partial charge in [0.25, 0.3) is 0 Å². The molecule has 5 rings (SSSR count). The molecule has 0 bridgehead atoms. The topological polar surface area (TPSA) is 54.0 Å². The van der Waals surface area contributed by atoms with Crippen molar-refractivity contribution in [3.05, 3.63) is 92.1 Å². The van der Waals surface area contributed by atoms with Gasteiger partial charge < -0.3 is 18.9 Å². The molecular formula is C25H17BrF2O5. The monoisotopic (exact) mass is 514 g/mol. The van der Waals surface area contributed by atoms with E-state index in [1.165, 1.54) is 18.2 Å². The third-order valence-corrected chi connectivity index (χ3v) is 5.84. The van der Waals surface area contributed by atoms with E-state index in [9.17, 15) is 13.6 Å². The summed E-state index contributed by atoms with van der Waals surface area (Å²) in [5, 5.41) is 0. The van der Waals surface area contributed by atoms with Gasteiger partial charge in [-0.05, 0) is 48.9 Å². The number of rotatable bonds is 4. The molecule has 2 heterocycles. The number of benzene rings is 3. The molecule has 3 aromatic carbocycles. The molecule has 0 aliphatic carbocycles. The maximum Gasteiger partial charge on any atom is 0.232 e. The zero-order valence-electron chi connectivity index (χ0n) is 17.4. The third-order valence-electron chi connectivity index (χ3n) is 5.38. The molecular weight excluding hydrogens is 498 g/mol. The van der Waals surface area contributed by atoms with Crippen LogP contribution in [0.25, 0.3) is 6.08 Å². The van der Waals surface area contributed by atoms with E-state index in [1.807, 2.05) is 12.1 Å². The lowest BCUT2D eigenvalue weighted by Gasteiger charge is -2.20. The Hall–Kier alpha value is -3.23. The molecule has 3 aromatic rings. The number of fused-ring (bicyclic) bond motifs is 2. The first-order valence-electron chi connectivity index (χ1n) is 10.1. The van der Waals surface area contributed by atoms with Gasteiger partial charge >= 0.3 is 0 Å². The van der Waals surface area contributed by atoms with Gasteiger partial charge in [-0.25, -0.2) is 8.78 Å². The Morgan fingerprint density at radius 2 is 1.94 bits per heavy atom. The minimum absolute atomic E-state index is 0.127. The van der Waals surface area contributed by atoms with E-state index in [4.69, 9.17) is 18.9 Å². The van der Waals surface area contributed by atoms with E-state index >= 15 is 0 Å². The Morgan fingerprint density at radius 3 is 2.73 bits per heavy atom. The van der Waals surface area contributed by atoms with Crippen LogP contribution < -0.4 is 14.2 Å². The number of ether oxygens (including phenoxy) is 4. The smallest absolute Gasteiger partial charge is 0.232 e. The molecule has 0 N–H and O–H groups in total. The van der Waals surface area contributed by atoms with Crippen LogP contribution in [-0.4, -0.2) is 12.6 Å². The van der Waals surface area contributed by atoms with Gasteiger partial charge in [0.15, 0.2) is 12.6 Å². The minimum Gasteiger partial charge on any atom is -0.489 e. The average Bonchev–Trinajstić information content (AvgIpc) is 3.09. The summed E-state index contributed by atoms with van der Waals surface area (Å²) in [4.78, 5) is 13.0. The number of carbonyl (C=O) groups excluding carboxylic acids is 1. The zero-order valence-corrected chi connectivity index (χ0v) is 19.0. The predicted molar refractivity (Wildman–Crippen MR) is 119 cm³/mol. The van der Waals surface area contributed by atoms with Crippen LogP contribution in [0.15, 0.2) is 52.7 Å². The Balaban J connectivity index is 1.43. The van der Waals surface area contributed by atoms with Crippen molar-refractivity contribution in [3.8, 4) is 17.2 Å². The predicted octanol–water partition coefficient (Wildman–Crippen LogP) is 6.10. The van der Waals surface area contributed by atoms with Gasteiger partial charge in [-0.3, -0.25) is 4.79 Å². The molecule has 0 spiro atoms. The lowest BCUT2D eigenvalue weighted by molar-refractivity contribution is -0.0165. The second-order valence-electron chi connectivity index (χ2n) is 7.64. The van der Waals surface area contributed by atoms with Crippen LogP contribution in [0, 0.1) is 18.6 Å². The summed E-state index contributed by atoms with van der Waals surface area (Å²) < 4.78 is 51.0. The molecule has 0 saturated carbocycles. The van der Waals surface area contributed by atoms with Crippen LogP contribution in [0.4, 0.5) is 8.78 Å². The molecule has 8 heteroatoms. The Morgan fingerprint density at radius 1 is 1.15 bits per heavy atom. The Labute approximate surface area is 196 Å². The SMILES string of the molecule is Cc1cc(OCc2c(F)cccc2F)cc2c1C(=O)/C(=C/c1cc(Br)cc3c1OCOC3)O2. The first-order valence-corrected chi connectivity index (χ1v) is 10.9. The van der Waals surface area contributed by atoms with Gasteiger partial charge in [0.05, 0.1) is 17.7 Å². The third kappa shape index (κ3) is 4.12. The zero-order chi connectivity index (χ0) is 23.1. The molecule has 2 aliphatic heterocycles. The fraction of sp³-hybridized carbons (Fsp3) is 0.160. The van der Waals surface area contributed by atoms with E-state index in [0.29, 0.717) is 40.5 Å². The quantitative estimate of drug-likeness (QED) is 0.394. The molecule has 0 radical (unpaired) electrons. The maximum atomic E-state index is 13.9. The van der Waals surface area contributed by atoms with Gasteiger partial charge in [0, 0.05) is 21.7 Å². The summed E-state index contributed by atoms with van der Waals surface area (Å²) in [6.45, 7) is 1.99. The van der Waals surface area contributed by atoms with Crippen molar-refractivity contribution in [1.82, 2.24) is 0 Å². The molecule has 0 fully saturated rings. The van der Waals surface area contributed by atoms with Gasteiger partial charge in [-0.1, -0.05) is 22.0 Å². The molecule has 33 heavy (non-hydrogen) atoms. The highest BCUT2D eigenvalue weighted by molar-refractivity contribution is 9.10. The first kappa shape index (κ1) is 21.6. The molecule has 0 aromatic heterocycles. The van der Waals surface area contributed by atoms with Crippen LogP contribution in [0.2, 0.25) is 0 Å². The lowest BCUT2D eigenvalue weighted by Crippen LogP contribution is -2.12. The fourth-order valence-corrected chi connectivity index (χ4v) is 4.37. The van der Waals surface area contributed by atoms with Crippen molar-refractivity contribution >= 4 is 27.8 Å². The number of aryl methyl sites for hydroxylation is 1. The summed E-state index contributed by atoms with van der Waals surface area (Å²) in [6, 6.07) is 10.6. The highest BCUT2D eigenvalue weighted by Gasteiger charge is 2.31. The number of carbonyl (C=O) groups is 1. The van der Waals surface area contributed by atoms with Crippen molar-refractivity contribution in [2.45, 2.75) is 20.1 Å². The van der Waals surface area contributed by atoms with E-state index in [1.54, 1.807) is 25.1 Å². The first-order chi connectivity index (χ1) is 15.9. The van der Waals surface area contributed by atoms with Crippen molar-refractivity contribution in [2.24, 2.45) is 0 Å². The summed E-state index contributed by atoms with van der Waals surface area (Å²) in [7, 11) is 0. The molecule has 0 atom stereocenters. The maximum absolute atomic E-state index is 13.9. The van der Waals surface area contributed by atoms with Crippen molar-refractivity contribution < 1.29 is 32.5 Å². The summed E-state index contributed by atoms with van der Waals surface area (Å²) in [5.74, 6) is -0.205. The van der Waals surface area contributed by atoms with Crippen molar-refractivity contribution in [3.63, 3.8) is 0 Å². The second kappa shape index (κ2) is 8.61. The fourth-order valence-electron chi connectivity index (χ4n) is 3.84. The van der Waals surface area contributed by atoms with Crippen LogP contribution in [-0.2, 0) is 18.0 Å².